The second-order valence-electron chi connectivity index (χ2n) is 5.87. The van der Waals surface area contributed by atoms with Gasteiger partial charge in [0.1, 0.15) is 0 Å². The summed E-state index contributed by atoms with van der Waals surface area (Å²) in [6, 6.07) is -0.567. The van der Waals surface area contributed by atoms with Crippen molar-refractivity contribution in [2.75, 3.05) is 6.54 Å². The van der Waals surface area contributed by atoms with Crippen molar-refractivity contribution in [3.8, 4) is 0 Å². The molecule has 2 amide bonds. The second kappa shape index (κ2) is 7.48. The van der Waals surface area contributed by atoms with Gasteiger partial charge in [0.2, 0.25) is 11.8 Å². The Balaban J connectivity index is 2.54. The van der Waals surface area contributed by atoms with Gasteiger partial charge >= 0.3 is 0 Å². The number of amides is 2. The molecular formula is C14H27N3O2. The Kier molecular flexibility index (Phi) is 6.28. The first-order valence-corrected chi connectivity index (χ1v) is 7.26. The summed E-state index contributed by atoms with van der Waals surface area (Å²) in [5, 5.41) is 0. The SMILES string of the molecule is CC(C)N(CC(N)=O)C(=O)C(N)CC1CCCCC1. The van der Waals surface area contributed by atoms with Gasteiger partial charge in [-0.25, -0.2) is 0 Å². The van der Waals surface area contributed by atoms with E-state index >= 15 is 0 Å². The molecule has 0 aliphatic heterocycles. The van der Waals surface area contributed by atoms with Crippen LogP contribution in [0.25, 0.3) is 0 Å². The van der Waals surface area contributed by atoms with Crippen molar-refractivity contribution >= 4 is 11.8 Å². The maximum Gasteiger partial charge on any atom is 0.240 e. The standard InChI is InChI=1S/C14H27N3O2/c1-10(2)17(9-13(16)18)14(19)12(15)8-11-6-4-3-5-7-11/h10-12H,3-9,15H2,1-2H3,(H2,16,18). The van der Waals surface area contributed by atoms with Crippen LogP contribution in [0.2, 0.25) is 0 Å². The lowest BCUT2D eigenvalue weighted by Crippen LogP contribution is -2.50. The van der Waals surface area contributed by atoms with E-state index in [1.807, 2.05) is 13.8 Å². The third-order valence-corrected chi connectivity index (χ3v) is 3.86. The van der Waals surface area contributed by atoms with Crippen molar-refractivity contribution in [1.82, 2.24) is 4.90 Å². The summed E-state index contributed by atoms with van der Waals surface area (Å²) in [5.41, 5.74) is 11.2. The van der Waals surface area contributed by atoms with Crippen LogP contribution in [-0.2, 0) is 9.59 Å². The molecule has 0 radical (unpaired) electrons. The molecule has 0 aromatic heterocycles. The van der Waals surface area contributed by atoms with Crippen molar-refractivity contribution in [2.45, 2.75) is 64.5 Å². The van der Waals surface area contributed by atoms with Crippen LogP contribution >= 0.6 is 0 Å². The molecule has 110 valence electrons. The molecule has 0 aromatic carbocycles. The van der Waals surface area contributed by atoms with Crippen LogP contribution < -0.4 is 11.5 Å². The minimum Gasteiger partial charge on any atom is -0.368 e. The third-order valence-electron chi connectivity index (χ3n) is 3.86. The van der Waals surface area contributed by atoms with Crippen molar-refractivity contribution in [2.24, 2.45) is 17.4 Å². The average Bonchev–Trinajstić information content (AvgIpc) is 2.35. The minimum atomic E-state index is -0.509. The van der Waals surface area contributed by atoms with Crippen LogP contribution in [0.3, 0.4) is 0 Å². The van der Waals surface area contributed by atoms with Crippen molar-refractivity contribution in [3.05, 3.63) is 0 Å². The van der Waals surface area contributed by atoms with Crippen molar-refractivity contribution < 1.29 is 9.59 Å². The van der Waals surface area contributed by atoms with Crippen LogP contribution in [0.1, 0.15) is 52.4 Å². The predicted molar refractivity (Wildman–Crippen MR) is 75.2 cm³/mol. The average molecular weight is 269 g/mol. The highest BCUT2D eigenvalue weighted by molar-refractivity contribution is 5.87. The molecule has 19 heavy (non-hydrogen) atoms. The van der Waals surface area contributed by atoms with Gasteiger partial charge in [0.05, 0.1) is 12.6 Å². The van der Waals surface area contributed by atoms with Gasteiger partial charge in [0, 0.05) is 6.04 Å². The summed E-state index contributed by atoms with van der Waals surface area (Å²) in [4.78, 5) is 24.8. The second-order valence-corrected chi connectivity index (χ2v) is 5.87. The maximum atomic E-state index is 12.3. The Labute approximate surface area is 115 Å². The summed E-state index contributed by atoms with van der Waals surface area (Å²) < 4.78 is 0. The Morgan fingerprint density at radius 1 is 1.21 bits per heavy atom. The molecule has 0 aromatic rings. The normalized spacial score (nSPS) is 18.3. The Bertz CT molecular complexity index is 312. The number of primary amides is 1. The molecule has 1 unspecified atom stereocenters. The van der Waals surface area contributed by atoms with Gasteiger partial charge in [-0.3, -0.25) is 9.59 Å². The molecule has 1 fully saturated rings. The molecule has 0 saturated heterocycles. The van der Waals surface area contributed by atoms with Crippen LogP contribution in [0.5, 0.6) is 0 Å². The van der Waals surface area contributed by atoms with Gasteiger partial charge in [0.25, 0.3) is 0 Å². The van der Waals surface area contributed by atoms with E-state index in [1.165, 1.54) is 37.0 Å². The molecule has 1 saturated carbocycles. The van der Waals surface area contributed by atoms with E-state index in [-0.39, 0.29) is 18.5 Å². The van der Waals surface area contributed by atoms with E-state index < -0.39 is 11.9 Å². The van der Waals surface area contributed by atoms with Gasteiger partial charge < -0.3 is 16.4 Å². The fraction of sp³-hybridized carbons (Fsp3) is 0.857. The van der Waals surface area contributed by atoms with Gasteiger partial charge in [-0.15, -0.1) is 0 Å². The Morgan fingerprint density at radius 3 is 2.26 bits per heavy atom. The number of nitrogens with zero attached hydrogens (tertiary/aromatic N) is 1. The lowest BCUT2D eigenvalue weighted by molar-refractivity contribution is -0.138. The highest BCUT2D eigenvalue weighted by atomic mass is 16.2. The summed E-state index contributed by atoms with van der Waals surface area (Å²) in [6.45, 7) is 3.69. The maximum absolute atomic E-state index is 12.3. The van der Waals surface area contributed by atoms with Gasteiger partial charge in [-0.2, -0.15) is 0 Å². The summed E-state index contributed by atoms with van der Waals surface area (Å²) in [7, 11) is 0. The first kappa shape index (κ1) is 16.0. The van der Waals surface area contributed by atoms with Gasteiger partial charge in [-0.05, 0) is 26.2 Å². The third kappa shape index (κ3) is 5.19. The van der Waals surface area contributed by atoms with Gasteiger partial charge in [0.15, 0.2) is 0 Å². The summed E-state index contributed by atoms with van der Waals surface area (Å²) in [5.74, 6) is -0.0958. The molecule has 0 bridgehead atoms. The number of nitrogens with two attached hydrogens (primary N) is 2. The molecule has 1 atom stereocenters. The van der Waals surface area contributed by atoms with E-state index in [9.17, 15) is 9.59 Å². The lowest BCUT2D eigenvalue weighted by atomic mass is 9.84. The molecule has 5 heteroatoms. The van der Waals surface area contributed by atoms with E-state index in [4.69, 9.17) is 11.5 Å². The number of hydrogen-bond donors (Lipinski definition) is 2. The smallest absolute Gasteiger partial charge is 0.240 e. The quantitative estimate of drug-likeness (QED) is 0.754. The van der Waals surface area contributed by atoms with Crippen LogP contribution in [0, 0.1) is 5.92 Å². The predicted octanol–water partition coefficient (Wildman–Crippen LogP) is 1.01. The number of carbonyl (C=O) groups excluding carboxylic acids is 2. The van der Waals surface area contributed by atoms with Crippen LogP contribution in [-0.4, -0.2) is 35.3 Å². The van der Waals surface area contributed by atoms with Crippen molar-refractivity contribution in [3.63, 3.8) is 0 Å². The summed E-state index contributed by atoms with van der Waals surface area (Å²) in [6.07, 6.45) is 6.82. The molecule has 1 aliphatic carbocycles. The van der Waals surface area contributed by atoms with E-state index in [2.05, 4.69) is 0 Å². The topological polar surface area (TPSA) is 89.4 Å². The largest absolute Gasteiger partial charge is 0.368 e. The van der Waals surface area contributed by atoms with E-state index in [1.54, 1.807) is 0 Å². The van der Waals surface area contributed by atoms with Crippen molar-refractivity contribution in [1.29, 1.82) is 0 Å². The zero-order chi connectivity index (χ0) is 14.4. The van der Waals surface area contributed by atoms with Crippen LogP contribution in [0.15, 0.2) is 0 Å². The Morgan fingerprint density at radius 2 is 1.79 bits per heavy atom. The molecule has 4 N–H and O–H groups in total. The van der Waals surface area contributed by atoms with E-state index in [0.717, 1.165) is 6.42 Å². The fourth-order valence-corrected chi connectivity index (χ4v) is 2.78. The van der Waals surface area contributed by atoms with E-state index in [0.29, 0.717) is 5.92 Å². The fourth-order valence-electron chi connectivity index (χ4n) is 2.78. The van der Waals surface area contributed by atoms with Gasteiger partial charge in [-0.1, -0.05) is 32.1 Å². The molecule has 0 spiro atoms. The lowest BCUT2D eigenvalue weighted by Gasteiger charge is -2.30. The minimum absolute atomic E-state index is 0.0468. The zero-order valence-electron chi connectivity index (χ0n) is 12.1. The first-order valence-electron chi connectivity index (χ1n) is 7.26. The molecule has 1 rings (SSSR count). The monoisotopic (exact) mass is 269 g/mol. The number of rotatable bonds is 6. The number of carbonyl (C=O) groups is 2. The zero-order valence-corrected chi connectivity index (χ0v) is 12.1. The first-order chi connectivity index (χ1) is 8.91. The highest BCUT2D eigenvalue weighted by Gasteiger charge is 2.27. The molecular weight excluding hydrogens is 242 g/mol. The molecule has 1 aliphatic rings. The van der Waals surface area contributed by atoms with Crippen LogP contribution in [0.4, 0.5) is 0 Å². The summed E-state index contributed by atoms with van der Waals surface area (Å²) >= 11 is 0. The Hall–Kier alpha value is -1.10. The highest BCUT2D eigenvalue weighted by Crippen LogP contribution is 2.27. The molecule has 5 nitrogen and oxygen atoms in total. The number of hydrogen-bond acceptors (Lipinski definition) is 3. The molecule has 0 heterocycles.